The normalized spacial score (nSPS) is 33.7. The van der Waals surface area contributed by atoms with Crippen molar-refractivity contribution >= 4 is 0 Å². The van der Waals surface area contributed by atoms with Crippen molar-refractivity contribution in [3.05, 3.63) is 0 Å². The van der Waals surface area contributed by atoms with E-state index >= 15 is 0 Å². The zero-order valence-corrected chi connectivity index (χ0v) is 16.9. The predicted octanol–water partition coefficient (Wildman–Crippen LogP) is 3.67. The first kappa shape index (κ1) is 21.1. The molecule has 0 aromatic carbocycles. The average Bonchev–Trinajstić information content (AvgIpc) is 3.08. The van der Waals surface area contributed by atoms with Crippen LogP contribution in [-0.4, -0.2) is 54.6 Å². The van der Waals surface area contributed by atoms with Gasteiger partial charge in [0.2, 0.25) is 0 Å². The summed E-state index contributed by atoms with van der Waals surface area (Å²) in [6.07, 6.45) is 4.29. The molecule has 0 amide bonds. The fourth-order valence-electron chi connectivity index (χ4n) is 3.71. The molecule has 5 nitrogen and oxygen atoms in total. The topological polar surface area (TPSA) is 57.2 Å². The number of ether oxygens (including phenoxy) is 4. The van der Waals surface area contributed by atoms with Gasteiger partial charge in [0, 0.05) is 6.42 Å². The summed E-state index contributed by atoms with van der Waals surface area (Å²) in [7, 11) is 0. The molecule has 2 rings (SSSR count). The Morgan fingerprint density at radius 1 is 1.24 bits per heavy atom. The van der Waals surface area contributed by atoms with Crippen LogP contribution in [0.3, 0.4) is 0 Å². The van der Waals surface area contributed by atoms with Gasteiger partial charge in [-0.2, -0.15) is 0 Å². The number of unbranched alkanes of at least 4 members (excludes halogenated alkanes) is 2. The molecule has 2 saturated heterocycles. The number of aliphatic hydroxyl groups excluding tert-OH is 1. The maximum absolute atomic E-state index is 10.5. The third kappa shape index (κ3) is 6.17. The molecular weight excluding hydrogens is 320 g/mol. The molecule has 1 N–H and O–H groups in total. The molecule has 5 unspecified atom stereocenters. The van der Waals surface area contributed by atoms with Crippen molar-refractivity contribution < 1.29 is 24.1 Å². The quantitative estimate of drug-likeness (QED) is 0.671. The van der Waals surface area contributed by atoms with E-state index in [2.05, 4.69) is 27.7 Å². The van der Waals surface area contributed by atoms with Crippen LogP contribution in [0, 0.1) is 5.41 Å². The van der Waals surface area contributed by atoms with Crippen LogP contribution in [0.15, 0.2) is 0 Å². The molecule has 0 saturated carbocycles. The smallest absolute Gasteiger partial charge is 0.163 e. The van der Waals surface area contributed by atoms with E-state index < -0.39 is 11.9 Å². The highest BCUT2D eigenvalue weighted by atomic mass is 16.7. The molecule has 0 aliphatic carbocycles. The average molecular weight is 359 g/mol. The molecule has 0 radical (unpaired) electrons. The van der Waals surface area contributed by atoms with E-state index in [-0.39, 0.29) is 29.8 Å². The van der Waals surface area contributed by atoms with Crippen molar-refractivity contribution in [1.82, 2.24) is 0 Å². The summed E-state index contributed by atoms with van der Waals surface area (Å²) in [6.45, 7) is 13.6. The Kier molecular flexibility index (Phi) is 7.31. The van der Waals surface area contributed by atoms with Gasteiger partial charge >= 0.3 is 0 Å². The van der Waals surface area contributed by atoms with Crippen LogP contribution in [-0.2, 0) is 18.9 Å². The molecule has 0 aromatic rings. The second-order valence-electron chi connectivity index (χ2n) is 9.08. The van der Waals surface area contributed by atoms with Crippen molar-refractivity contribution in [2.24, 2.45) is 5.41 Å². The Bertz CT molecular complexity index is 403. The van der Waals surface area contributed by atoms with Gasteiger partial charge in [-0.3, -0.25) is 0 Å². The largest absolute Gasteiger partial charge is 0.390 e. The number of hydrogen-bond acceptors (Lipinski definition) is 5. The van der Waals surface area contributed by atoms with Gasteiger partial charge in [-0.05, 0) is 25.7 Å². The highest BCUT2D eigenvalue weighted by Crippen LogP contribution is 2.37. The van der Waals surface area contributed by atoms with E-state index in [9.17, 15) is 5.11 Å². The minimum atomic E-state index is -0.526. The molecule has 148 valence electrons. The van der Waals surface area contributed by atoms with Gasteiger partial charge < -0.3 is 24.1 Å². The Balaban J connectivity index is 1.88. The molecule has 0 aromatic heterocycles. The SMILES string of the molecule is CCCCCC(O)C1CC(OCC2COC(C)(C)O2)C(C(C)(C)C)O1. The summed E-state index contributed by atoms with van der Waals surface area (Å²) in [5.41, 5.74) is -0.0329. The Labute approximate surface area is 153 Å². The van der Waals surface area contributed by atoms with Crippen LogP contribution >= 0.6 is 0 Å². The third-order valence-corrected chi connectivity index (χ3v) is 5.07. The molecule has 2 aliphatic heterocycles. The van der Waals surface area contributed by atoms with Crippen molar-refractivity contribution in [3.63, 3.8) is 0 Å². The van der Waals surface area contributed by atoms with Crippen LogP contribution in [0.2, 0.25) is 0 Å². The number of aliphatic hydroxyl groups is 1. The minimum absolute atomic E-state index is 0.0156. The first-order chi connectivity index (χ1) is 11.6. The lowest BCUT2D eigenvalue weighted by molar-refractivity contribution is -0.152. The second kappa shape index (κ2) is 8.66. The molecule has 25 heavy (non-hydrogen) atoms. The summed E-state index contributed by atoms with van der Waals surface area (Å²) < 4.78 is 23.9. The lowest BCUT2D eigenvalue weighted by Crippen LogP contribution is -2.38. The third-order valence-electron chi connectivity index (χ3n) is 5.07. The molecule has 2 aliphatic rings. The van der Waals surface area contributed by atoms with Crippen LogP contribution in [0.4, 0.5) is 0 Å². The van der Waals surface area contributed by atoms with Gasteiger partial charge in [-0.25, -0.2) is 0 Å². The van der Waals surface area contributed by atoms with Crippen LogP contribution < -0.4 is 0 Å². The Hall–Kier alpha value is -0.200. The zero-order valence-electron chi connectivity index (χ0n) is 16.9. The highest BCUT2D eigenvalue weighted by molar-refractivity contribution is 4.93. The van der Waals surface area contributed by atoms with E-state index in [1.165, 1.54) is 0 Å². The standard InChI is InChI=1S/C20H38O5/c1-7-8-9-10-15(21)16-11-17(18(24-16)19(2,3)4)22-12-14-13-23-20(5,6)25-14/h14-18,21H,7-13H2,1-6H3. The Morgan fingerprint density at radius 3 is 2.52 bits per heavy atom. The highest BCUT2D eigenvalue weighted by Gasteiger charge is 2.45. The molecule has 2 heterocycles. The molecule has 0 bridgehead atoms. The molecule has 0 spiro atoms. The summed E-state index contributed by atoms with van der Waals surface area (Å²) in [5.74, 6) is -0.526. The maximum Gasteiger partial charge on any atom is 0.163 e. The first-order valence-corrected chi connectivity index (χ1v) is 9.89. The van der Waals surface area contributed by atoms with Gasteiger partial charge in [-0.15, -0.1) is 0 Å². The van der Waals surface area contributed by atoms with E-state index in [4.69, 9.17) is 18.9 Å². The molecule has 5 heteroatoms. The van der Waals surface area contributed by atoms with E-state index in [0.717, 1.165) is 32.1 Å². The van der Waals surface area contributed by atoms with E-state index in [0.29, 0.717) is 13.2 Å². The lowest BCUT2D eigenvalue weighted by atomic mass is 9.85. The minimum Gasteiger partial charge on any atom is -0.390 e. The maximum atomic E-state index is 10.5. The van der Waals surface area contributed by atoms with Crippen molar-refractivity contribution in [1.29, 1.82) is 0 Å². The predicted molar refractivity (Wildman–Crippen MR) is 97.5 cm³/mol. The number of hydrogen-bond donors (Lipinski definition) is 1. The van der Waals surface area contributed by atoms with Crippen molar-refractivity contribution in [3.8, 4) is 0 Å². The van der Waals surface area contributed by atoms with Gasteiger partial charge in [0.1, 0.15) is 6.10 Å². The summed E-state index contributed by atoms with van der Waals surface area (Å²) in [4.78, 5) is 0. The monoisotopic (exact) mass is 358 g/mol. The van der Waals surface area contributed by atoms with Crippen molar-refractivity contribution in [2.75, 3.05) is 13.2 Å². The zero-order chi connectivity index (χ0) is 18.7. The van der Waals surface area contributed by atoms with Gasteiger partial charge in [0.15, 0.2) is 5.79 Å². The van der Waals surface area contributed by atoms with Crippen LogP contribution in [0.1, 0.15) is 73.6 Å². The second-order valence-corrected chi connectivity index (χ2v) is 9.08. The van der Waals surface area contributed by atoms with Gasteiger partial charge in [0.05, 0.1) is 37.6 Å². The van der Waals surface area contributed by atoms with Crippen molar-refractivity contribution in [2.45, 2.75) is 110 Å². The lowest BCUT2D eigenvalue weighted by Gasteiger charge is -2.32. The molecule has 5 atom stereocenters. The van der Waals surface area contributed by atoms with E-state index in [1.807, 2.05) is 13.8 Å². The number of rotatable bonds is 8. The van der Waals surface area contributed by atoms with Gasteiger partial charge in [-0.1, -0.05) is 47.0 Å². The summed E-state index contributed by atoms with van der Waals surface area (Å²) in [6, 6.07) is 0. The summed E-state index contributed by atoms with van der Waals surface area (Å²) in [5, 5.41) is 10.5. The van der Waals surface area contributed by atoms with Crippen LogP contribution in [0.5, 0.6) is 0 Å². The molecule has 2 fully saturated rings. The summed E-state index contributed by atoms with van der Waals surface area (Å²) >= 11 is 0. The first-order valence-electron chi connectivity index (χ1n) is 9.89. The van der Waals surface area contributed by atoms with Gasteiger partial charge in [0.25, 0.3) is 0 Å². The Morgan fingerprint density at radius 2 is 1.96 bits per heavy atom. The molecular formula is C20H38O5. The fraction of sp³-hybridized carbons (Fsp3) is 1.00. The van der Waals surface area contributed by atoms with Crippen LogP contribution in [0.25, 0.3) is 0 Å². The van der Waals surface area contributed by atoms with E-state index in [1.54, 1.807) is 0 Å². The fourth-order valence-corrected chi connectivity index (χ4v) is 3.71.